The van der Waals surface area contributed by atoms with Crippen LogP contribution in [-0.4, -0.2) is 0 Å². The van der Waals surface area contributed by atoms with Gasteiger partial charge in [0.2, 0.25) is 0 Å². The summed E-state index contributed by atoms with van der Waals surface area (Å²) in [6.07, 6.45) is -4.99. The van der Waals surface area contributed by atoms with Crippen molar-refractivity contribution in [2.75, 3.05) is 0 Å². The van der Waals surface area contributed by atoms with Crippen molar-refractivity contribution in [3.63, 3.8) is 0 Å². The molecule has 1 aromatic carbocycles. The minimum Gasteiger partial charge on any atom is -0.206 e. The topological polar surface area (TPSA) is 0 Å². The summed E-state index contributed by atoms with van der Waals surface area (Å²) in [6.45, 7) is 0. The molecule has 72 valence electrons. The number of hydrogen-bond donors (Lipinski definition) is 0. The molecule has 0 radical (unpaired) electrons. The maximum Gasteiger partial charge on any atom is 0.422 e. The van der Waals surface area contributed by atoms with Crippen molar-refractivity contribution in [1.82, 2.24) is 0 Å². The first-order valence-electron chi connectivity index (χ1n) is 3.14. The average molecular weight is 214 g/mol. The monoisotopic (exact) mass is 214 g/mol. The lowest BCUT2D eigenvalue weighted by Crippen LogP contribution is -2.13. The minimum atomic E-state index is -4.99. The first kappa shape index (κ1) is 10.4. The first-order chi connectivity index (χ1) is 5.82. The van der Waals surface area contributed by atoms with Crippen molar-refractivity contribution >= 4 is 14.5 Å². The van der Waals surface area contributed by atoms with E-state index in [2.05, 4.69) is 0 Å². The summed E-state index contributed by atoms with van der Waals surface area (Å²) in [5.74, 6) is -3.20. The van der Waals surface area contributed by atoms with Crippen molar-refractivity contribution in [1.29, 1.82) is 0 Å². The van der Waals surface area contributed by atoms with E-state index in [1.54, 1.807) is 0 Å². The molecule has 0 heterocycles. The highest BCUT2D eigenvalue weighted by atomic mass is 31.0. The lowest BCUT2D eigenvalue weighted by atomic mass is 10.2. The van der Waals surface area contributed by atoms with Crippen molar-refractivity contribution in [2.45, 2.75) is 6.18 Å². The zero-order valence-corrected chi connectivity index (χ0v) is 7.28. The van der Waals surface area contributed by atoms with Crippen LogP contribution in [0.25, 0.3) is 0 Å². The summed E-state index contributed by atoms with van der Waals surface area (Å²) < 4.78 is 61.1. The molecule has 1 atom stereocenters. The smallest absolute Gasteiger partial charge is 0.206 e. The van der Waals surface area contributed by atoms with Crippen molar-refractivity contribution in [2.24, 2.45) is 0 Å². The second kappa shape index (κ2) is 3.22. The second-order valence-electron chi connectivity index (χ2n) is 2.36. The number of benzene rings is 1. The predicted molar refractivity (Wildman–Crippen MR) is 40.7 cm³/mol. The Kier molecular flexibility index (Phi) is 2.57. The van der Waals surface area contributed by atoms with Crippen LogP contribution in [-0.2, 0) is 6.18 Å². The van der Waals surface area contributed by atoms with Gasteiger partial charge >= 0.3 is 6.18 Å². The van der Waals surface area contributed by atoms with E-state index in [1.165, 1.54) is 0 Å². The number of halogens is 5. The fourth-order valence-corrected chi connectivity index (χ4v) is 1.16. The molecule has 0 spiro atoms. The van der Waals surface area contributed by atoms with E-state index in [0.717, 1.165) is 0 Å². The molecule has 0 aliphatic heterocycles. The van der Waals surface area contributed by atoms with E-state index in [0.29, 0.717) is 12.1 Å². The molecule has 6 heteroatoms. The van der Waals surface area contributed by atoms with Crippen LogP contribution in [0.2, 0.25) is 0 Å². The summed E-state index contributed by atoms with van der Waals surface area (Å²) in [5.41, 5.74) is -1.85. The van der Waals surface area contributed by atoms with Gasteiger partial charge < -0.3 is 0 Å². The molecule has 1 unspecified atom stereocenters. The normalized spacial score (nSPS) is 11.8. The van der Waals surface area contributed by atoms with Crippen molar-refractivity contribution in [3.05, 3.63) is 29.3 Å². The molecule has 13 heavy (non-hydrogen) atoms. The lowest BCUT2D eigenvalue weighted by Gasteiger charge is -2.09. The van der Waals surface area contributed by atoms with Crippen LogP contribution in [0.1, 0.15) is 5.56 Å². The molecule has 0 aliphatic rings. The van der Waals surface area contributed by atoms with Crippen LogP contribution in [0, 0.1) is 11.6 Å². The molecule has 0 bridgehead atoms. The Morgan fingerprint density at radius 1 is 1.00 bits per heavy atom. The number of rotatable bonds is 0. The molecule has 0 fully saturated rings. The van der Waals surface area contributed by atoms with E-state index >= 15 is 0 Å². The second-order valence-corrected chi connectivity index (χ2v) is 3.02. The van der Waals surface area contributed by atoms with Gasteiger partial charge in [0.15, 0.2) is 0 Å². The van der Waals surface area contributed by atoms with Gasteiger partial charge in [-0.1, -0.05) is 0 Å². The van der Waals surface area contributed by atoms with Gasteiger partial charge in [-0.05, 0) is 17.4 Å². The number of hydrogen-bond acceptors (Lipinski definition) is 0. The summed E-state index contributed by atoms with van der Waals surface area (Å²) in [7, 11) is 1.91. The zero-order chi connectivity index (χ0) is 10.2. The standard InChI is InChI=1S/C7H4F5P/c8-4-1-3(13)2-5(9)6(4)7(10,11)12/h1-2H,13H2. The van der Waals surface area contributed by atoms with Gasteiger partial charge in [0, 0.05) is 0 Å². The van der Waals surface area contributed by atoms with E-state index in [9.17, 15) is 22.0 Å². The lowest BCUT2D eigenvalue weighted by molar-refractivity contribution is -0.142. The largest absolute Gasteiger partial charge is 0.422 e. The fraction of sp³-hybridized carbons (Fsp3) is 0.143. The summed E-state index contributed by atoms with van der Waals surface area (Å²) in [5, 5.41) is 0.0306. The molecular weight excluding hydrogens is 210 g/mol. The molecule has 0 saturated carbocycles. The Morgan fingerprint density at radius 2 is 1.38 bits per heavy atom. The van der Waals surface area contributed by atoms with Gasteiger partial charge in [0.1, 0.15) is 17.2 Å². The molecule has 1 rings (SSSR count). The van der Waals surface area contributed by atoms with Gasteiger partial charge in [0.05, 0.1) is 0 Å². The van der Waals surface area contributed by atoms with Crippen molar-refractivity contribution < 1.29 is 22.0 Å². The molecule has 0 N–H and O–H groups in total. The van der Waals surface area contributed by atoms with Crippen LogP contribution in [0.15, 0.2) is 12.1 Å². The van der Waals surface area contributed by atoms with Gasteiger partial charge in [0.25, 0.3) is 0 Å². The summed E-state index contributed by atoms with van der Waals surface area (Å²) >= 11 is 0. The summed E-state index contributed by atoms with van der Waals surface area (Å²) in [6, 6.07) is 1.22. The van der Waals surface area contributed by atoms with Crippen LogP contribution < -0.4 is 5.30 Å². The quantitative estimate of drug-likeness (QED) is 0.459. The van der Waals surface area contributed by atoms with E-state index in [1.807, 2.05) is 9.24 Å². The minimum absolute atomic E-state index is 0.0306. The van der Waals surface area contributed by atoms with Crippen LogP contribution >= 0.6 is 9.24 Å². The highest BCUT2D eigenvalue weighted by Crippen LogP contribution is 2.32. The van der Waals surface area contributed by atoms with Crippen LogP contribution in [0.4, 0.5) is 22.0 Å². The van der Waals surface area contributed by atoms with Crippen molar-refractivity contribution in [3.8, 4) is 0 Å². The van der Waals surface area contributed by atoms with Gasteiger partial charge in [-0.3, -0.25) is 0 Å². The third-order valence-electron chi connectivity index (χ3n) is 1.35. The first-order valence-corrected chi connectivity index (χ1v) is 3.72. The number of alkyl halides is 3. The van der Waals surface area contributed by atoms with Crippen LogP contribution in [0.5, 0.6) is 0 Å². The molecular formula is C7H4F5P. The Balaban J connectivity index is 3.38. The SMILES string of the molecule is Fc1cc(P)cc(F)c1C(F)(F)F. The van der Waals surface area contributed by atoms with E-state index in [4.69, 9.17) is 0 Å². The molecule has 0 amide bonds. The maximum absolute atomic E-state index is 12.6. The van der Waals surface area contributed by atoms with Crippen LogP contribution in [0.3, 0.4) is 0 Å². The third kappa shape index (κ3) is 2.15. The molecule has 0 nitrogen and oxygen atoms in total. The Bertz CT molecular complexity index is 307. The Hall–Kier alpha value is -0.700. The molecule has 1 aromatic rings. The van der Waals surface area contributed by atoms with Gasteiger partial charge in [-0.2, -0.15) is 13.2 Å². The fourth-order valence-electron chi connectivity index (χ4n) is 0.864. The van der Waals surface area contributed by atoms with Gasteiger partial charge in [-0.25, -0.2) is 8.78 Å². The molecule has 0 saturated heterocycles. The summed E-state index contributed by atoms with van der Waals surface area (Å²) in [4.78, 5) is 0. The molecule has 0 aromatic heterocycles. The Labute approximate surface area is 73.0 Å². The maximum atomic E-state index is 12.6. The molecule has 0 aliphatic carbocycles. The third-order valence-corrected chi connectivity index (χ3v) is 1.68. The highest BCUT2D eigenvalue weighted by Gasteiger charge is 2.37. The average Bonchev–Trinajstić information content (AvgIpc) is 1.78. The van der Waals surface area contributed by atoms with E-state index in [-0.39, 0.29) is 5.30 Å². The van der Waals surface area contributed by atoms with E-state index < -0.39 is 23.4 Å². The highest BCUT2D eigenvalue weighted by molar-refractivity contribution is 7.27. The van der Waals surface area contributed by atoms with Gasteiger partial charge in [-0.15, -0.1) is 9.24 Å². The zero-order valence-electron chi connectivity index (χ0n) is 6.12. The predicted octanol–water partition coefficient (Wildman–Crippen LogP) is 2.48. The Morgan fingerprint density at radius 3 is 1.69 bits per heavy atom.